The summed E-state index contributed by atoms with van der Waals surface area (Å²) < 4.78 is 11.4. The Morgan fingerprint density at radius 1 is 1.24 bits per heavy atom. The Morgan fingerprint density at radius 3 is 2.80 bits per heavy atom. The lowest BCUT2D eigenvalue weighted by atomic mass is 9.96. The van der Waals surface area contributed by atoms with Crippen molar-refractivity contribution in [2.45, 2.75) is 44.1 Å². The maximum atomic E-state index is 5.93. The van der Waals surface area contributed by atoms with E-state index in [9.17, 15) is 0 Å². The van der Waals surface area contributed by atoms with Gasteiger partial charge in [0.2, 0.25) is 0 Å². The van der Waals surface area contributed by atoms with Crippen LogP contribution >= 0.6 is 0 Å². The smallest absolute Gasteiger partial charge is 0.191 e. The van der Waals surface area contributed by atoms with Gasteiger partial charge in [-0.15, -0.1) is 0 Å². The van der Waals surface area contributed by atoms with Crippen LogP contribution < -0.4 is 15.5 Å². The van der Waals surface area contributed by atoms with Crippen molar-refractivity contribution in [3.63, 3.8) is 0 Å². The highest BCUT2D eigenvalue weighted by atomic mass is 16.5. The van der Waals surface area contributed by atoms with Crippen LogP contribution in [0.5, 0.6) is 0 Å². The van der Waals surface area contributed by atoms with Crippen molar-refractivity contribution in [2.24, 2.45) is 4.99 Å². The zero-order valence-corrected chi connectivity index (χ0v) is 14.9. The van der Waals surface area contributed by atoms with E-state index in [1.165, 1.54) is 24.1 Å². The van der Waals surface area contributed by atoms with E-state index in [1.807, 2.05) is 7.05 Å². The molecule has 2 bridgehead atoms. The Kier molecular flexibility index (Phi) is 5.08. The average molecular weight is 344 g/mol. The summed E-state index contributed by atoms with van der Waals surface area (Å²) in [5.74, 6) is 0.859. The van der Waals surface area contributed by atoms with E-state index in [0.29, 0.717) is 18.2 Å². The molecular weight excluding hydrogens is 316 g/mol. The van der Waals surface area contributed by atoms with Gasteiger partial charge < -0.3 is 25.0 Å². The molecule has 0 saturated carbocycles. The summed E-state index contributed by atoms with van der Waals surface area (Å²) in [6, 6.07) is 8.97. The van der Waals surface area contributed by atoms with Crippen LogP contribution in [0.2, 0.25) is 0 Å². The molecule has 3 aliphatic rings. The molecule has 6 nitrogen and oxygen atoms in total. The molecule has 0 aliphatic carbocycles. The average Bonchev–Trinajstić information content (AvgIpc) is 3.29. The normalized spacial score (nSPS) is 29.1. The second kappa shape index (κ2) is 7.62. The topological polar surface area (TPSA) is 58.1 Å². The zero-order valence-electron chi connectivity index (χ0n) is 14.9. The van der Waals surface area contributed by atoms with Gasteiger partial charge in [-0.1, -0.05) is 18.2 Å². The number of nitrogens with one attached hydrogen (secondary N) is 2. The minimum Gasteiger partial charge on any atom is -0.378 e. The zero-order chi connectivity index (χ0) is 17.1. The number of guanidine groups is 1. The van der Waals surface area contributed by atoms with Crippen molar-refractivity contribution in [2.75, 3.05) is 38.3 Å². The second-order valence-corrected chi connectivity index (χ2v) is 7.01. The summed E-state index contributed by atoms with van der Waals surface area (Å²) in [7, 11) is 1.83. The predicted molar refractivity (Wildman–Crippen MR) is 99.1 cm³/mol. The molecule has 0 amide bonds. The van der Waals surface area contributed by atoms with E-state index in [2.05, 4.69) is 44.8 Å². The Balaban J connectivity index is 1.37. The van der Waals surface area contributed by atoms with Crippen molar-refractivity contribution >= 4 is 11.6 Å². The number of rotatable bonds is 4. The van der Waals surface area contributed by atoms with Crippen LogP contribution in [0.25, 0.3) is 0 Å². The molecule has 0 spiro atoms. The minimum absolute atomic E-state index is 0.351. The van der Waals surface area contributed by atoms with Crippen molar-refractivity contribution in [3.05, 3.63) is 29.8 Å². The van der Waals surface area contributed by atoms with Gasteiger partial charge in [0.15, 0.2) is 5.96 Å². The highest BCUT2D eigenvalue weighted by Crippen LogP contribution is 2.34. The molecule has 3 aliphatic heterocycles. The third kappa shape index (κ3) is 3.75. The van der Waals surface area contributed by atoms with E-state index >= 15 is 0 Å². The van der Waals surface area contributed by atoms with E-state index in [0.717, 1.165) is 45.2 Å². The van der Waals surface area contributed by atoms with Gasteiger partial charge >= 0.3 is 0 Å². The number of ether oxygens (including phenoxy) is 2. The van der Waals surface area contributed by atoms with Gasteiger partial charge in [-0.3, -0.25) is 4.99 Å². The number of anilines is 1. The fourth-order valence-electron chi connectivity index (χ4n) is 4.11. The van der Waals surface area contributed by atoms with Crippen LogP contribution in [0.15, 0.2) is 29.3 Å². The van der Waals surface area contributed by atoms with E-state index in [1.54, 1.807) is 0 Å². The first-order valence-electron chi connectivity index (χ1n) is 9.37. The number of para-hydroxylation sites is 1. The van der Waals surface area contributed by atoms with Crippen LogP contribution in [0.1, 0.15) is 24.8 Å². The number of hydrogen-bond acceptors (Lipinski definition) is 4. The summed E-state index contributed by atoms with van der Waals surface area (Å²) in [5.41, 5.74) is 2.58. The van der Waals surface area contributed by atoms with Gasteiger partial charge in [-0.25, -0.2) is 0 Å². The van der Waals surface area contributed by atoms with Crippen LogP contribution in [-0.4, -0.2) is 57.6 Å². The van der Waals surface area contributed by atoms with Crippen molar-refractivity contribution < 1.29 is 9.47 Å². The van der Waals surface area contributed by atoms with Gasteiger partial charge in [0.05, 0.1) is 31.5 Å². The number of benzene rings is 1. The predicted octanol–water partition coefficient (Wildman–Crippen LogP) is 1.51. The molecule has 1 aromatic rings. The van der Waals surface area contributed by atoms with Crippen LogP contribution in [-0.2, 0) is 16.0 Å². The lowest BCUT2D eigenvalue weighted by molar-refractivity contribution is 0.0992. The minimum atomic E-state index is 0.351. The Labute approximate surface area is 149 Å². The molecule has 0 radical (unpaired) electrons. The fraction of sp³-hybridized carbons (Fsp3) is 0.632. The molecule has 3 atom stereocenters. The Hall–Kier alpha value is -1.79. The van der Waals surface area contributed by atoms with Crippen molar-refractivity contribution in [3.8, 4) is 0 Å². The number of fused-ring (bicyclic) bond motifs is 2. The highest BCUT2D eigenvalue weighted by molar-refractivity contribution is 5.80. The molecule has 3 unspecified atom stereocenters. The van der Waals surface area contributed by atoms with Crippen molar-refractivity contribution in [1.82, 2.24) is 10.6 Å². The molecule has 3 saturated heterocycles. The summed E-state index contributed by atoms with van der Waals surface area (Å²) >= 11 is 0. The van der Waals surface area contributed by atoms with Gasteiger partial charge in [-0.2, -0.15) is 0 Å². The molecule has 3 fully saturated rings. The number of hydrogen-bond donors (Lipinski definition) is 2. The van der Waals surface area contributed by atoms with Gasteiger partial charge in [-0.05, 0) is 30.9 Å². The largest absolute Gasteiger partial charge is 0.378 e. The number of nitrogens with zero attached hydrogens (tertiary/aromatic N) is 2. The third-order valence-corrected chi connectivity index (χ3v) is 5.44. The molecule has 0 aromatic heterocycles. The molecule has 1 aromatic carbocycles. The van der Waals surface area contributed by atoms with E-state index in [4.69, 9.17) is 9.47 Å². The summed E-state index contributed by atoms with van der Waals surface area (Å²) in [6.45, 7) is 4.26. The van der Waals surface area contributed by atoms with Gasteiger partial charge in [0.25, 0.3) is 0 Å². The monoisotopic (exact) mass is 344 g/mol. The highest BCUT2D eigenvalue weighted by Gasteiger charge is 2.41. The lowest BCUT2D eigenvalue weighted by Crippen LogP contribution is -2.47. The Bertz CT molecular complexity index is 615. The van der Waals surface area contributed by atoms with Gasteiger partial charge in [0.1, 0.15) is 0 Å². The number of morpholine rings is 1. The fourth-order valence-corrected chi connectivity index (χ4v) is 4.11. The van der Waals surface area contributed by atoms with Crippen LogP contribution in [0.3, 0.4) is 0 Å². The maximum absolute atomic E-state index is 5.93. The van der Waals surface area contributed by atoms with Gasteiger partial charge in [0, 0.05) is 32.4 Å². The van der Waals surface area contributed by atoms with E-state index in [-0.39, 0.29) is 0 Å². The standard InChI is InChI=1S/C19H28N4O2/c1-20-19(22-16-12-15-6-7-18(16)25-15)21-13-14-4-2-3-5-17(14)23-8-10-24-11-9-23/h2-5,15-16,18H,6-13H2,1H3,(H2,20,21,22). The summed E-state index contributed by atoms with van der Waals surface area (Å²) in [4.78, 5) is 6.80. The van der Waals surface area contributed by atoms with Crippen LogP contribution in [0.4, 0.5) is 5.69 Å². The molecule has 4 rings (SSSR count). The lowest BCUT2D eigenvalue weighted by Gasteiger charge is -2.31. The molecule has 136 valence electrons. The van der Waals surface area contributed by atoms with Crippen LogP contribution in [0, 0.1) is 0 Å². The SMILES string of the molecule is CN=C(NCc1ccccc1N1CCOCC1)NC1CC2CCC1O2. The second-order valence-electron chi connectivity index (χ2n) is 7.01. The first-order valence-corrected chi connectivity index (χ1v) is 9.37. The Morgan fingerprint density at radius 2 is 2.08 bits per heavy atom. The number of aliphatic imine (C=N–C) groups is 1. The quantitative estimate of drug-likeness (QED) is 0.640. The summed E-state index contributed by atoms with van der Waals surface area (Å²) in [5, 5.41) is 7.02. The molecule has 3 heterocycles. The summed E-state index contributed by atoms with van der Waals surface area (Å²) in [6.07, 6.45) is 4.27. The maximum Gasteiger partial charge on any atom is 0.191 e. The first kappa shape index (κ1) is 16.7. The molecule has 2 N–H and O–H groups in total. The molecular formula is C19H28N4O2. The first-order chi connectivity index (χ1) is 12.3. The molecule has 25 heavy (non-hydrogen) atoms. The third-order valence-electron chi connectivity index (χ3n) is 5.44. The molecule has 6 heteroatoms. The van der Waals surface area contributed by atoms with Crippen molar-refractivity contribution in [1.29, 1.82) is 0 Å². The van der Waals surface area contributed by atoms with E-state index < -0.39 is 0 Å².